The predicted octanol–water partition coefficient (Wildman–Crippen LogP) is 2.32. The van der Waals surface area contributed by atoms with Gasteiger partial charge < -0.3 is 5.32 Å². The van der Waals surface area contributed by atoms with E-state index < -0.39 is 0 Å². The standard InChI is InChI=1S/C14H25BrN4/c1-4-12-14(15)13(19(3)17-12)10-18(2)9-11-7-5-6-8-16-11/h11,16H,4-10H2,1-3H3. The molecule has 4 nitrogen and oxygen atoms in total. The molecule has 19 heavy (non-hydrogen) atoms. The Morgan fingerprint density at radius 1 is 1.47 bits per heavy atom. The maximum Gasteiger partial charge on any atom is 0.0767 e. The van der Waals surface area contributed by atoms with E-state index in [1.54, 1.807) is 0 Å². The topological polar surface area (TPSA) is 33.1 Å². The van der Waals surface area contributed by atoms with Crippen molar-refractivity contribution in [3.05, 3.63) is 15.9 Å². The first-order valence-electron chi connectivity index (χ1n) is 7.24. The van der Waals surface area contributed by atoms with Gasteiger partial charge in [-0.1, -0.05) is 13.3 Å². The molecule has 1 fully saturated rings. The third-order valence-electron chi connectivity index (χ3n) is 3.87. The van der Waals surface area contributed by atoms with E-state index in [0.29, 0.717) is 6.04 Å². The summed E-state index contributed by atoms with van der Waals surface area (Å²) in [6, 6.07) is 0.649. The Labute approximate surface area is 124 Å². The van der Waals surface area contributed by atoms with Crippen molar-refractivity contribution >= 4 is 15.9 Å². The van der Waals surface area contributed by atoms with Crippen LogP contribution in [0.3, 0.4) is 0 Å². The lowest BCUT2D eigenvalue weighted by Gasteiger charge is -2.28. The Kier molecular flexibility index (Phi) is 5.42. The van der Waals surface area contributed by atoms with E-state index in [-0.39, 0.29) is 0 Å². The first-order valence-corrected chi connectivity index (χ1v) is 8.03. The number of likely N-dealkylation sites (N-methyl/N-ethyl adjacent to an activating group) is 1. The summed E-state index contributed by atoms with van der Waals surface area (Å²) in [7, 11) is 4.23. The van der Waals surface area contributed by atoms with Crippen molar-refractivity contribution in [2.45, 2.75) is 45.2 Å². The summed E-state index contributed by atoms with van der Waals surface area (Å²) in [5, 5.41) is 8.16. The van der Waals surface area contributed by atoms with Gasteiger partial charge in [-0.3, -0.25) is 9.58 Å². The van der Waals surface area contributed by atoms with Gasteiger partial charge in [0.15, 0.2) is 0 Å². The van der Waals surface area contributed by atoms with E-state index in [9.17, 15) is 0 Å². The van der Waals surface area contributed by atoms with Crippen molar-refractivity contribution in [3.8, 4) is 0 Å². The highest BCUT2D eigenvalue weighted by molar-refractivity contribution is 9.10. The van der Waals surface area contributed by atoms with E-state index in [0.717, 1.165) is 25.2 Å². The summed E-state index contributed by atoms with van der Waals surface area (Å²) in [5.74, 6) is 0. The Hall–Kier alpha value is -0.390. The number of nitrogens with zero attached hydrogens (tertiary/aromatic N) is 3. The number of aromatic nitrogens is 2. The lowest BCUT2D eigenvalue weighted by Crippen LogP contribution is -2.42. The zero-order valence-electron chi connectivity index (χ0n) is 12.2. The quantitative estimate of drug-likeness (QED) is 0.900. The first-order chi connectivity index (χ1) is 9.11. The number of nitrogens with one attached hydrogen (secondary N) is 1. The second kappa shape index (κ2) is 6.86. The van der Waals surface area contributed by atoms with E-state index >= 15 is 0 Å². The maximum atomic E-state index is 4.56. The highest BCUT2D eigenvalue weighted by Gasteiger charge is 2.18. The fourth-order valence-electron chi connectivity index (χ4n) is 2.77. The number of hydrogen-bond donors (Lipinski definition) is 1. The molecule has 2 rings (SSSR count). The molecule has 0 bridgehead atoms. The Balaban J connectivity index is 1.94. The molecule has 0 saturated carbocycles. The fraction of sp³-hybridized carbons (Fsp3) is 0.786. The zero-order chi connectivity index (χ0) is 13.8. The van der Waals surface area contributed by atoms with Gasteiger partial charge in [0, 0.05) is 26.2 Å². The van der Waals surface area contributed by atoms with Crippen LogP contribution in [0.15, 0.2) is 4.47 Å². The second-order valence-electron chi connectivity index (χ2n) is 5.53. The molecule has 0 radical (unpaired) electrons. The molecule has 1 saturated heterocycles. The molecule has 0 aliphatic carbocycles. The van der Waals surface area contributed by atoms with Crippen LogP contribution in [0.5, 0.6) is 0 Å². The van der Waals surface area contributed by atoms with E-state index in [4.69, 9.17) is 0 Å². The molecule has 1 aliphatic heterocycles. The highest BCUT2D eigenvalue weighted by atomic mass is 79.9. The van der Waals surface area contributed by atoms with Gasteiger partial charge in [0.1, 0.15) is 0 Å². The highest BCUT2D eigenvalue weighted by Crippen LogP contribution is 2.22. The SMILES string of the molecule is CCc1nn(C)c(CN(C)CC2CCCCN2)c1Br. The number of hydrogen-bond acceptors (Lipinski definition) is 3. The van der Waals surface area contributed by atoms with Gasteiger partial charge >= 0.3 is 0 Å². The summed E-state index contributed by atoms with van der Waals surface area (Å²) >= 11 is 3.69. The molecule has 0 amide bonds. The lowest BCUT2D eigenvalue weighted by molar-refractivity contribution is 0.251. The average molecular weight is 329 g/mol. The minimum Gasteiger partial charge on any atom is -0.313 e. The average Bonchev–Trinajstić information content (AvgIpc) is 2.67. The van der Waals surface area contributed by atoms with Crippen LogP contribution in [0.1, 0.15) is 37.6 Å². The van der Waals surface area contributed by atoms with E-state index in [1.807, 2.05) is 11.7 Å². The molecule has 2 heterocycles. The maximum absolute atomic E-state index is 4.56. The fourth-order valence-corrected chi connectivity index (χ4v) is 3.51. The molecule has 108 valence electrons. The first kappa shape index (κ1) is 15.0. The van der Waals surface area contributed by atoms with Crippen molar-refractivity contribution in [2.75, 3.05) is 20.1 Å². The molecular weight excluding hydrogens is 304 g/mol. The molecular formula is C14H25BrN4. The van der Waals surface area contributed by atoms with Gasteiger partial charge in [-0.25, -0.2) is 0 Å². The summed E-state index contributed by atoms with van der Waals surface area (Å²) in [6.45, 7) is 5.38. The van der Waals surface area contributed by atoms with Crippen molar-refractivity contribution in [2.24, 2.45) is 7.05 Å². The summed E-state index contributed by atoms with van der Waals surface area (Å²) in [5.41, 5.74) is 2.43. The van der Waals surface area contributed by atoms with Crippen molar-refractivity contribution in [1.82, 2.24) is 20.0 Å². The van der Waals surface area contributed by atoms with Gasteiger partial charge in [-0.2, -0.15) is 5.10 Å². The monoisotopic (exact) mass is 328 g/mol. The van der Waals surface area contributed by atoms with Crippen LogP contribution in [0.4, 0.5) is 0 Å². The predicted molar refractivity (Wildman–Crippen MR) is 82.3 cm³/mol. The van der Waals surface area contributed by atoms with Crippen LogP contribution in [0, 0.1) is 0 Å². The normalized spacial score (nSPS) is 20.2. The summed E-state index contributed by atoms with van der Waals surface area (Å²) in [4.78, 5) is 2.39. The van der Waals surface area contributed by atoms with Gasteiger partial charge in [0.25, 0.3) is 0 Å². The van der Waals surface area contributed by atoms with Crippen LogP contribution in [0.25, 0.3) is 0 Å². The van der Waals surface area contributed by atoms with Crippen LogP contribution in [-0.2, 0) is 20.0 Å². The number of aryl methyl sites for hydroxylation is 2. The van der Waals surface area contributed by atoms with Crippen molar-refractivity contribution in [3.63, 3.8) is 0 Å². The number of rotatable bonds is 5. The molecule has 5 heteroatoms. The minimum absolute atomic E-state index is 0.649. The van der Waals surface area contributed by atoms with Crippen LogP contribution >= 0.6 is 15.9 Å². The Bertz CT molecular complexity index is 410. The van der Waals surface area contributed by atoms with E-state index in [2.05, 4.69) is 45.2 Å². The van der Waals surface area contributed by atoms with Crippen LogP contribution in [-0.4, -0.2) is 40.9 Å². The molecule has 0 spiro atoms. The number of piperidine rings is 1. The smallest absolute Gasteiger partial charge is 0.0767 e. The van der Waals surface area contributed by atoms with Gasteiger partial charge in [0.2, 0.25) is 0 Å². The molecule has 1 atom stereocenters. The number of halogens is 1. The summed E-state index contributed by atoms with van der Waals surface area (Å²) in [6.07, 6.45) is 4.97. The molecule has 1 aromatic heterocycles. The van der Waals surface area contributed by atoms with Crippen molar-refractivity contribution in [1.29, 1.82) is 0 Å². The summed E-state index contributed by atoms with van der Waals surface area (Å²) < 4.78 is 3.19. The largest absolute Gasteiger partial charge is 0.313 e. The van der Waals surface area contributed by atoms with Gasteiger partial charge in [0.05, 0.1) is 15.9 Å². The minimum atomic E-state index is 0.649. The van der Waals surface area contributed by atoms with E-state index in [1.165, 1.54) is 36.0 Å². The molecule has 1 aromatic rings. The Morgan fingerprint density at radius 3 is 2.84 bits per heavy atom. The lowest BCUT2D eigenvalue weighted by atomic mass is 10.0. The zero-order valence-corrected chi connectivity index (χ0v) is 13.8. The third-order valence-corrected chi connectivity index (χ3v) is 4.78. The third kappa shape index (κ3) is 3.80. The molecule has 1 unspecified atom stereocenters. The Morgan fingerprint density at radius 2 is 2.26 bits per heavy atom. The van der Waals surface area contributed by atoms with Crippen LogP contribution < -0.4 is 5.32 Å². The molecule has 0 aromatic carbocycles. The van der Waals surface area contributed by atoms with Gasteiger partial charge in [-0.05, 0) is 48.8 Å². The van der Waals surface area contributed by atoms with Crippen molar-refractivity contribution < 1.29 is 0 Å². The second-order valence-corrected chi connectivity index (χ2v) is 6.32. The molecule has 1 aliphatic rings. The molecule has 1 N–H and O–H groups in total. The van der Waals surface area contributed by atoms with Crippen LogP contribution in [0.2, 0.25) is 0 Å². The van der Waals surface area contributed by atoms with Gasteiger partial charge in [-0.15, -0.1) is 0 Å².